The van der Waals surface area contributed by atoms with Crippen LogP contribution in [0.5, 0.6) is 5.75 Å². The number of amides is 3. The molecule has 0 radical (unpaired) electrons. The van der Waals surface area contributed by atoms with Crippen LogP contribution in [0.4, 0.5) is 10.5 Å². The predicted octanol–water partition coefficient (Wildman–Crippen LogP) is 3.33. The van der Waals surface area contributed by atoms with Gasteiger partial charge in [0.25, 0.3) is 11.1 Å². The van der Waals surface area contributed by atoms with Crippen molar-refractivity contribution in [1.29, 1.82) is 0 Å². The van der Waals surface area contributed by atoms with E-state index in [2.05, 4.69) is 5.32 Å². The number of benzene rings is 1. The zero-order valence-electron chi connectivity index (χ0n) is 16.1. The Labute approximate surface area is 167 Å². The second-order valence-electron chi connectivity index (χ2n) is 6.43. The highest BCUT2D eigenvalue weighted by Gasteiger charge is 2.36. The molecule has 1 aliphatic rings. The van der Waals surface area contributed by atoms with Gasteiger partial charge in [0.1, 0.15) is 12.3 Å². The number of imide groups is 1. The Morgan fingerprint density at radius 2 is 1.89 bits per heavy atom. The fraction of sp³-hybridized carbons (Fsp3) is 0.250. The number of carbonyl (C=O) groups is 3. The van der Waals surface area contributed by atoms with Crippen molar-refractivity contribution >= 4 is 40.6 Å². The molecule has 2 heterocycles. The van der Waals surface area contributed by atoms with Crippen molar-refractivity contribution in [3.63, 3.8) is 0 Å². The van der Waals surface area contributed by atoms with E-state index in [4.69, 9.17) is 4.74 Å². The third kappa shape index (κ3) is 3.96. The van der Waals surface area contributed by atoms with Crippen molar-refractivity contribution in [1.82, 2.24) is 9.47 Å². The molecule has 2 aromatic rings. The number of aromatic nitrogens is 1. The van der Waals surface area contributed by atoms with E-state index in [1.54, 1.807) is 37.5 Å². The van der Waals surface area contributed by atoms with Crippen molar-refractivity contribution in [2.24, 2.45) is 7.05 Å². The third-order valence-corrected chi connectivity index (χ3v) is 5.56. The standard InChI is InChI=1S/C20H21N3O4S/c1-12-9-14(13(2)22(12)3)10-17-19(25)23(20(26)28-17)11-18(24)21-15-5-7-16(27-4)8-6-15/h5-10H,11H2,1-4H3,(H,21,24). The highest BCUT2D eigenvalue weighted by atomic mass is 32.2. The normalized spacial score (nSPS) is 15.4. The minimum absolute atomic E-state index is 0.316. The number of carbonyl (C=O) groups excluding carboxylic acids is 3. The number of aryl methyl sites for hydroxylation is 1. The molecule has 0 unspecified atom stereocenters. The fourth-order valence-corrected chi connectivity index (χ4v) is 3.66. The summed E-state index contributed by atoms with van der Waals surface area (Å²) in [6, 6.07) is 8.75. The number of anilines is 1. The van der Waals surface area contributed by atoms with E-state index in [0.717, 1.165) is 33.6 Å². The Morgan fingerprint density at radius 1 is 1.21 bits per heavy atom. The molecule has 0 aliphatic carbocycles. The summed E-state index contributed by atoms with van der Waals surface area (Å²) in [5.74, 6) is -0.234. The minimum atomic E-state index is -0.458. The van der Waals surface area contributed by atoms with Crippen LogP contribution < -0.4 is 10.1 Å². The average molecular weight is 399 g/mol. The highest BCUT2D eigenvalue weighted by Crippen LogP contribution is 2.33. The van der Waals surface area contributed by atoms with Crippen LogP contribution in [0, 0.1) is 13.8 Å². The molecule has 28 heavy (non-hydrogen) atoms. The Balaban J connectivity index is 1.70. The van der Waals surface area contributed by atoms with Crippen LogP contribution in [-0.2, 0) is 16.6 Å². The lowest BCUT2D eigenvalue weighted by Gasteiger charge is -2.12. The highest BCUT2D eigenvalue weighted by molar-refractivity contribution is 8.18. The number of nitrogens with one attached hydrogen (secondary N) is 1. The van der Waals surface area contributed by atoms with E-state index in [-0.39, 0.29) is 6.54 Å². The SMILES string of the molecule is COc1ccc(NC(=O)CN2C(=O)SC(=Cc3cc(C)n(C)c3C)C2=O)cc1. The van der Waals surface area contributed by atoms with Crippen LogP contribution >= 0.6 is 11.8 Å². The van der Waals surface area contributed by atoms with Crippen LogP contribution in [0.2, 0.25) is 0 Å². The lowest BCUT2D eigenvalue weighted by atomic mass is 10.2. The molecular weight excluding hydrogens is 378 g/mol. The van der Waals surface area contributed by atoms with E-state index in [1.807, 2.05) is 31.5 Å². The predicted molar refractivity (Wildman–Crippen MR) is 109 cm³/mol. The number of ether oxygens (including phenoxy) is 1. The van der Waals surface area contributed by atoms with Crippen molar-refractivity contribution in [2.75, 3.05) is 19.0 Å². The number of hydrogen-bond donors (Lipinski definition) is 1. The molecule has 1 fully saturated rings. The molecule has 0 bridgehead atoms. The van der Waals surface area contributed by atoms with Gasteiger partial charge in [0.2, 0.25) is 5.91 Å². The molecule has 0 saturated carbocycles. The second-order valence-corrected chi connectivity index (χ2v) is 7.42. The van der Waals surface area contributed by atoms with Crippen molar-refractivity contribution < 1.29 is 19.1 Å². The van der Waals surface area contributed by atoms with Gasteiger partial charge in [0.05, 0.1) is 12.0 Å². The number of hydrogen-bond acceptors (Lipinski definition) is 5. The summed E-state index contributed by atoms with van der Waals surface area (Å²) in [4.78, 5) is 38.4. The quantitative estimate of drug-likeness (QED) is 0.780. The van der Waals surface area contributed by atoms with Gasteiger partial charge < -0.3 is 14.6 Å². The summed E-state index contributed by atoms with van der Waals surface area (Å²) in [6.07, 6.45) is 1.70. The molecule has 1 aromatic carbocycles. The van der Waals surface area contributed by atoms with Gasteiger partial charge in [0.15, 0.2) is 0 Å². The molecule has 8 heteroatoms. The minimum Gasteiger partial charge on any atom is -0.497 e. The number of rotatable bonds is 5. The maximum atomic E-state index is 12.6. The smallest absolute Gasteiger partial charge is 0.294 e. The average Bonchev–Trinajstić information content (AvgIpc) is 3.07. The Bertz CT molecular complexity index is 976. The van der Waals surface area contributed by atoms with Gasteiger partial charge in [-0.3, -0.25) is 19.3 Å². The molecule has 1 aliphatic heterocycles. The Hall–Kier alpha value is -3.00. The summed E-state index contributed by atoms with van der Waals surface area (Å²) in [6.45, 7) is 3.59. The van der Waals surface area contributed by atoms with Gasteiger partial charge in [-0.05, 0) is 67.6 Å². The molecule has 146 valence electrons. The zero-order chi connectivity index (χ0) is 20.4. The van der Waals surface area contributed by atoms with Gasteiger partial charge in [-0.2, -0.15) is 0 Å². The van der Waals surface area contributed by atoms with Gasteiger partial charge >= 0.3 is 0 Å². The topological polar surface area (TPSA) is 80.6 Å². The van der Waals surface area contributed by atoms with Gasteiger partial charge in [-0.25, -0.2) is 0 Å². The molecule has 7 nitrogen and oxygen atoms in total. The Morgan fingerprint density at radius 3 is 2.46 bits per heavy atom. The number of nitrogens with zero attached hydrogens (tertiary/aromatic N) is 2. The molecule has 3 rings (SSSR count). The van der Waals surface area contributed by atoms with E-state index >= 15 is 0 Å². The first-order valence-electron chi connectivity index (χ1n) is 8.62. The first-order chi connectivity index (χ1) is 13.3. The van der Waals surface area contributed by atoms with E-state index < -0.39 is 17.1 Å². The lowest BCUT2D eigenvalue weighted by Crippen LogP contribution is -2.36. The largest absolute Gasteiger partial charge is 0.497 e. The van der Waals surface area contributed by atoms with Crippen LogP contribution in [0.25, 0.3) is 6.08 Å². The maximum Gasteiger partial charge on any atom is 0.294 e. The number of methoxy groups -OCH3 is 1. The zero-order valence-corrected chi connectivity index (χ0v) is 16.9. The molecular formula is C20H21N3O4S. The van der Waals surface area contributed by atoms with Crippen molar-refractivity contribution in [2.45, 2.75) is 13.8 Å². The van der Waals surface area contributed by atoms with Crippen LogP contribution in [0.3, 0.4) is 0 Å². The first kappa shape index (κ1) is 19.8. The summed E-state index contributed by atoms with van der Waals surface area (Å²) in [5.41, 5.74) is 3.50. The maximum absolute atomic E-state index is 12.6. The second kappa shape index (κ2) is 7.93. The molecule has 1 saturated heterocycles. The van der Waals surface area contributed by atoms with Crippen LogP contribution in [0.15, 0.2) is 35.2 Å². The Kier molecular flexibility index (Phi) is 5.60. The molecule has 3 amide bonds. The lowest BCUT2D eigenvalue weighted by molar-refractivity contribution is -0.127. The number of thioether (sulfide) groups is 1. The van der Waals surface area contributed by atoms with Crippen molar-refractivity contribution in [3.05, 3.63) is 52.2 Å². The molecule has 0 atom stereocenters. The monoisotopic (exact) mass is 399 g/mol. The summed E-state index contributed by atoms with van der Waals surface area (Å²) in [5, 5.41) is 2.22. The van der Waals surface area contributed by atoms with Gasteiger partial charge in [-0.15, -0.1) is 0 Å². The van der Waals surface area contributed by atoms with Gasteiger partial charge in [-0.1, -0.05) is 0 Å². The molecule has 1 aromatic heterocycles. The van der Waals surface area contributed by atoms with Crippen molar-refractivity contribution in [3.8, 4) is 5.75 Å². The third-order valence-electron chi connectivity index (χ3n) is 4.65. The van der Waals surface area contributed by atoms with E-state index in [9.17, 15) is 14.4 Å². The molecule has 0 spiro atoms. The summed E-state index contributed by atoms with van der Waals surface area (Å²) < 4.78 is 7.08. The van der Waals surface area contributed by atoms with Gasteiger partial charge in [0, 0.05) is 24.1 Å². The fourth-order valence-electron chi connectivity index (χ4n) is 2.83. The summed E-state index contributed by atoms with van der Waals surface area (Å²) in [7, 11) is 3.50. The first-order valence-corrected chi connectivity index (χ1v) is 9.44. The van der Waals surface area contributed by atoms with Crippen LogP contribution in [0.1, 0.15) is 17.0 Å². The van der Waals surface area contributed by atoms with E-state index in [0.29, 0.717) is 16.3 Å². The van der Waals surface area contributed by atoms with Crippen LogP contribution in [-0.4, -0.2) is 40.2 Å². The van der Waals surface area contributed by atoms with E-state index in [1.165, 1.54) is 0 Å². The summed E-state index contributed by atoms with van der Waals surface area (Å²) >= 11 is 0.846. The molecule has 1 N–H and O–H groups in total.